The number of benzene rings is 2. The quantitative estimate of drug-likeness (QED) is 0.778. The third-order valence-electron chi connectivity index (χ3n) is 4.62. The van der Waals surface area contributed by atoms with Gasteiger partial charge in [-0.15, -0.1) is 0 Å². The van der Waals surface area contributed by atoms with Gasteiger partial charge in [0.15, 0.2) is 0 Å². The van der Waals surface area contributed by atoms with Gasteiger partial charge in [-0.1, -0.05) is 12.1 Å². The molecule has 2 aromatic rings. The zero-order valence-electron chi connectivity index (χ0n) is 16.1. The zero-order chi connectivity index (χ0) is 19.9. The molecular formula is C22H24N2O4. The molecule has 1 aliphatic heterocycles. The Hall–Kier alpha value is -3.28. The third-order valence-corrected chi connectivity index (χ3v) is 4.62. The number of hydrogen-bond acceptors (Lipinski definition) is 4. The van der Waals surface area contributed by atoms with Crippen LogP contribution < -0.4 is 14.8 Å². The highest BCUT2D eigenvalue weighted by Gasteiger charge is 2.20. The van der Waals surface area contributed by atoms with E-state index in [4.69, 9.17) is 9.47 Å². The first-order chi connectivity index (χ1) is 13.6. The van der Waals surface area contributed by atoms with Gasteiger partial charge in [-0.25, -0.2) is 0 Å². The van der Waals surface area contributed by atoms with Crippen molar-refractivity contribution in [3.8, 4) is 11.5 Å². The molecule has 2 amide bonds. The second kappa shape index (κ2) is 9.08. The maximum absolute atomic E-state index is 12.6. The fraction of sp³-hybridized carbons (Fsp3) is 0.273. The number of nitrogens with one attached hydrogen (secondary N) is 1. The second-order valence-electron chi connectivity index (χ2n) is 6.51. The van der Waals surface area contributed by atoms with Gasteiger partial charge in [0.05, 0.1) is 19.9 Å². The van der Waals surface area contributed by atoms with E-state index in [1.807, 2.05) is 29.2 Å². The zero-order valence-corrected chi connectivity index (χ0v) is 16.1. The molecule has 0 aromatic heterocycles. The molecule has 0 unspecified atom stereocenters. The summed E-state index contributed by atoms with van der Waals surface area (Å²) < 4.78 is 10.5. The third kappa shape index (κ3) is 4.71. The standard InChI is InChI=1S/C22H24N2O4/c1-27-18-7-5-6-16(14-18)8-11-21(25)23-19-15-17(9-10-20(19)28-2)22(26)24-12-3-4-13-24/h5-11,14-15H,3-4,12-13H2,1-2H3,(H,23,25). The summed E-state index contributed by atoms with van der Waals surface area (Å²) in [6, 6.07) is 12.5. The molecule has 0 aliphatic carbocycles. The van der Waals surface area contributed by atoms with Crippen LogP contribution in [0.15, 0.2) is 48.5 Å². The maximum Gasteiger partial charge on any atom is 0.253 e. The Balaban J connectivity index is 1.74. The summed E-state index contributed by atoms with van der Waals surface area (Å²) in [5.74, 6) is 0.882. The molecule has 2 aromatic carbocycles. The number of hydrogen-bond donors (Lipinski definition) is 1. The van der Waals surface area contributed by atoms with Crippen LogP contribution >= 0.6 is 0 Å². The molecule has 28 heavy (non-hydrogen) atoms. The van der Waals surface area contributed by atoms with Gasteiger partial charge < -0.3 is 19.7 Å². The van der Waals surface area contributed by atoms with Gasteiger partial charge in [0.1, 0.15) is 11.5 Å². The Morgan fingerprint density at radius 2 is 1.82 bits per heavy atom. The minimum atomic E-state index is -0.313. The van der Waals surface area contributed by atoms with Crippen molar-refractivity contribution < 1.29 is 19.1 Å². The molecule has 146 valence electrons. The number of carbonyl (C=O) groups is 2. The van der Waals surface area contributed by atoms with Crippen molar-refractivity contribution in [2.45, 2.75) is 12.8 Å². The summed E-state index contributed by atoms with van der Waals surface area (Å²) in [5.41, 5.74) is 1.85. The topological polar surface area (TPSA) is 67.9 Å². The minimum Gasteiger partial charge on any atom is -0.497 e. The summed E-state index contributed by atoms with van der Waals surface area (Å²) in [5, 5.41) is 2.79. The van der Waals surface area contributed by atoms with Crippen LogP contribution in [0.25, 0.3) is 6.08 Å². The smallest absolute Gasteiger partial charge is 0.253 e. The number of ether oxygens (including phenoxy) is 2. The van der Waals surface area contributed by atoms with Crippen molar-refractivity contribution >= 4 is 23.6 Å². The van der Waals surface area contributed by atoms with Gasteiger partial charge >= 0.3 is 0 Å². The van der Waals surface area contributed by atoms with E-state index >= 15 is 0 Å². The van der Waals surface area contributed by atoms with Gasteiger partial charge in [-0.3, -0.25) is 9.59 Å². The number of methoxy groups -OCH3 is 2. The number of rotatable bonds is 6. The lowest BCUT2D eigenvalue weighted by molar-refractivity contribution is -0.111. The highest BCUT2D eigenvalue weighted by Crippen LogP contribution is 2.27. The molecule has 0 spiro atoms. The van der Waals surface area contributed by atoms with Gasteiger partial charge in [-0.2, -0.15) is 0 Å². The van der Waals surface area contributed by atoms with Gasteiger partial charge in [-0.05, 0) is 54.8 Å². The number of likely N-dealkylation sites (tertiary alicyclic amines) is 1. The summed E-state index contributed by atoms with van der Waals surface area (Å²) >= 11 is 0. The highest BCUT2D eigenvalue weighted by molar-refractivity contribution is 6.04. The van der Waals surface area contributed by atoms with E-state index in [1.54, 1.807) is 31.4 Å². The van der Waals surface area contributed by atoms with Crippen molar-refractivity contribution in [1.29, 1.82) is 0 Å². The Kier molecular flexibility index (Phi) is 6.32. The average Bonchev–Trinajstić information content (AvgIpc) is 3.26. The van der Waals surface area contributed by atoms with Crippen LogP contribution in [0.3, 0.4) is 0 Å². The first-order valence-electron chi connectivity index (χ1n) is 9.21. The Morgan fingerprint density at radius 1 is 1.04 bits per heavy atom. The van der Waals surface area contributed by atoms with Crippen molar-refractivity contribution in [2.75, 3.05) is 32.6 Å². The van der Waals surface area contributed by atoms with Gasteiger partial charge in [0.25, 0.3) is 5.91 Å². The lowest BCUT2D eigenvalue weighted by Gasteiger charge is -2.17. The van der Waals surface area contributed by atoms with Crippen LogP contribution in [0.4, 0.5) is 5.69 Å². The number of amides is 2. The summed E-state index contributed by atoms with van der Waals surface area (Å²) in [6.45, 7) is 1.55. The van der Waals surface area contributed by atoms with Crippen LogP contribution in [0, 0.1) is 0 Å². The Bertz CT molecular complexity index is 886. The van der Waals surface area contributed by atoms with Crippen LogP contribution in [-0.2, 0) is 4.79 Å². The number of carbonyl (C=O) groups excluding carboxylic acids is 2. The fourth-order valence-electron chi connectivity index (χ4n) is 3.13. The summed E-state index contributed by atoms with van der Waals surface area (Å²) in [4.78, 5) is 26.8. The number of anilines is 1. The molecule has 6 heteroatoms. The van der Waals surface area contributed by atoms with Gasteiger partial charge in [0.2, 0.25) is 5.91 Å². The summed E-state index contributed by atoms with van der Waals surface area (Å²) in [7, 11) is 3.12. The van der Waals surface area contributed by atoms with E-state index in [9.17, 15) is 9.59 Å². The highest BCUT2D eigenvalue weighted by atomic mass is 16.5. The van der Waals surface area contributed by atoms with Crippen molar-refractivity contribution in [2.24, 2.45) is 0 Å². The normalized spacial score (nSPS) is 13.6. The van der Waals surface area contributed by atoms with Crippen LogP contribution in [0.5, 0.6) is 11.5 Å². The molecule has 0 bridgehead atoms. The van der Waals surface area contributed by atoms with E-state index in [0.29, 0.717) is 17.0 Å². The predicted octanol–water partition coefficient (Wildman–Crippen LogP) is 3.59. The number of nitrogens with zero attached hydrogens (tertiary/aromatic N) is 1. The van der Waals surface area contributed by atoms with Crippen molar-refractivity contribution in [1.82, 2.24) is 4.90 Å². The fourth-order valence-corrected chi connectivity index (χ4v) is 3.13. The van der Waals surface area contributed by atoms with Crippen molar-refractivity contribution in [3.05, 3.63) is 59.7 Å². The largest absolute Gasteiger partial charge is 0.497 e. The van der Waals surface area contributed by atoms with Crippen LogP contribution in [0.1, 0.15) is 28.8 Å². The Labute approximate surface area is 164 Å². The molecular weight excluding hydrogens is 356 g/mol. The van der Waals surface area contributed by atoms with E-state index in [2.05, 4.69) is 5.32 Å². The van der Waals surface area contributed by atoms with E-state index in [0.717, 1.165) is 37.2 Å². The van der Waals surface area contributed by atoms with Crippen LogP contribution in [0.2, 0.25) is 0 Å². The second-order valence-corrected chi connectivity index (χ2v) is 6.51. The van der Waals surface area contributed by atoms with E-state index in [-0.39, 0.29) is 11.8 Å². The molecule has 6 nitrogen and oxygen atoms in total. The van der Waals surface area contributed by atoms with Crippen molar-refractivity contribution in [3.63, 3.8) is 0 Å². The monoisotopic (exact) mass is 380 g/mol. The Morgan fingerprint density at radius 3 is 2.54 bits per heavy atom. The SMILES string of the molecule is COc1cccc(C=CC(=O)Nc2cc(C(=O)N3CCCC3)ccc2OC)c1. The molecule has 1 fully saturated rings. The van der Waals surface area contributed by atoms with E-state index < -0.39 is 0 Å². The van der Waals surface area contributed by atoms with E-state index in [1.165, 1.54) is 13.2 Å². The first-order valence-corrected chi connectivity index (χ1v) is 9.21. The lowest BCUT2D eigenvalue weighted by atomic mass is 10.1. The molecule has 0 saturated carbocycles. The molecule has 1 aliphatic rings. The lowest BCUT2D eigenvalue weighted by Crippen LogP contribution is -2.27. The average molecular weight is 380 g/mol. The molecule has 1 heterocycles. The molecule has 1 saturated heterocycles. The first kappa shape index (κ1) is 19.5. The summed E-state index contributed by atoms with van der Waals surface area (Å²) in [6.07, 6.45) is 5.19. The molecule has 3 rings (SSSR count). The maximum atomic E-state index is 12.6. The molecule has 0 radical (unpaired) electrons. The molecule has 0 atom stereocenters. The predicted molar refractivity (Wildman–Crippen MR) is 109 cm³/mol. The van der Waals surface area contributed by atoms with Gasteiger partial charge in [0, 0.05) is 24.7 Å². The minimum absolute atomic E-state index is 0.0254. The van der Waals surface area contributed by atoms with Crippen LogP contribution in [-0.4, -0.2) is 44.0 Å². The molecule has 1 N–H and O–H groups in total.